The monoisotopic (exact) mass is 390 g/mol. The van der Waals surface area contributed by atoms with Crippen LogP contribution in [0.25, 0.3) is 0 Å². The minimum absolute atomic E-state index is 0.0316. The standard InChI is InChI=1S/C9H9BrCl2N2O2S2/c1-14(4-8(13)17)18(15,16)9-6(11)2-5(10)3-7(9)12/h2-3H,4H2,1H3,(H2,13,17). The van der Waals surface area contributed by atoms with Crippen LogP contribution in [0.5, 0.6) is 0 Å². The van der Waals surface area contributed by atoms with Crippen LogP contribution in [0.15, 0.2) is 21.5 Å². The van der Waals surface area contributed by atoms with Gasteiger partial charge >= 0.3 is 0 Å². The van der Waals surface area contributed by atoms with Crippen molar-refractivity contribution in [2.75, 3.05) is 13.6 Å². The summed E-state index contributed by atoms with van der Waals surface area (Å²) in [4.78, 5) is -0.0989. The first-order valence-corrected chi connectivity index (χ1v) is 7.95. The van der Waals surface area contributed by atoms with Gasteiger partial charge in [-0.3, -0.25) is 0 Å². The number of hydrogen-bond donors (Lipinski definition) is 1. The summed E-state index contributed by atoms with van der Waals surface area (Å²) >= 11 is 19.7. The third-order valence-corrected chi connectivity index (χ3v) is 5.32. The van der Waals surface area contributed by atoms with E-state index in [2.05, 4.69) is 28.1 Å². The molecule has 100 valence electrons. The largest absolute Gasteiger partial charge is 0.392 e. The van der Waals surface area contributed by atoms with Gasteiger partial charge in [0.15, 0.2) is 0 Å². The summed E-state index contributed by atoms with van der Waals surface area (Å²) in [5.74, 6) is 0. The van der Waals surface area contributed by atoms with Gasteiger partial charge in [-0.15, -0.1) is 0 Å². The second-order valence-corrected chi connectivity index (χ2v) is 7.66. The smallest absolute Gasteiger partial charge is 0.246 e. The molecule has 1 rings (SSSR count). The van der Waals surface area contributed by atoms with E-state index in [9.17, 15) is 8.42 Å². The number of halogens is 3. The molecule has 4 nitrogen and oxygen atoms in total. The lowest BCUT2D eigenvalue weighted by Crippen LogP contribution is -2.34. The normalized spacial score (nSPS) is 11.8. The average Bonchev–Trinajstić information content (AvgIpc) is 2.13. The average molecular weight is 392 g/mol. The molecule has 0 atom stereocenters. The van der Waals surface area contributed by atoms with Gasteiger partial charge in [-0.25, -0.2) is 8.42 Å². The minimum atomic E-state index is -3.83. The molecule has 1 aromatic rings. The Bertz CT molecular complexity index is 569. The van der Waals surface area contributed by atoms with Crippen molar-refractivity contribution in [1.29, 1.82) is 0 Å². The molecule has 0 aromatic heterocycles. The summed E-state index contributed by atoms with van der Waals surface area (Å²) in [6.45, 7) is -0.0829. The van der Waals surface area contributed by atoms with Gasteiger partial charge in [0.05, 0.1) is 21.6 Å². The fourth-order valence-electron chi connectivity index (χ4n) is 1.24. The first kappa shape index (κ1) is 16.1. The van der Waals surface area contributed by atoms with E-state index in [-0.39, 0.29) is 26.5 Å². The number of likely N-dealkylation sites (N-methyl/N-ethyl adjacent to an activating group) is 1. The lowest BCUT2D eigenvalue weighted by atomic mass is 10.4. The first-order chi connectivity index (χ1) is 8.16. The van der Waals surface area contributed by atoms with Gasteiger partial charge in [-0.05, 0) is 12.1 Å². The molecule has 0 unspecified atom stereocenters. The molecule has 0 radical (unpaired) electrons. The molecular formula is C9H9BrCl2N2O2S2. The van der Waals surface area contributed by atoms with Gasteiger partial charge in [0.25, 0.3) is 0 Å². The number of benzene rings is 1. The van der Waals surface area contributed by atoms with Crippen molar-refractivity contribution >= 4 is 66.4 Å². The maximum absolute atomic E-state index is 12.2. The van der Waals surface area contributed by atoms with Gasteiger partial charge in [0, 0.05) is 11.5 Å². The fourth-order valence-corrected chi connectivity index (χ4v) is 4.54. The van der Waals surface area contributed by atoms with E-state index in [1.807, 2.05) is 0 Å². The summed E-state index contributed by atoms with van der Waals surface area (Å²) in [7, 11) is -2.48. The Morgan fingerprint density at radius 1 is 1.44 bits per heavy atom. The number of nitrogens with two attached hydrogens (primary N) is 1. The SMILES string of the molecule is CN(CC(N)=S)S(=O)(=O)c1c(Cl)cc(Br)cc1Cl. The van der Waals surface area contributed by atoms with Gasteiger partial charge in [-0.2, -0.15) is 4.31 Å². The Morgan fingerprint density at radius 2 is 1.89 bits per heavy atom. The maximum atomic E-state index is 12.2. The molecule has 0 bridgehead atoms. The predicted molar refractivity (Wildman–Crippen MR) is 80.8 cm³/mol. The zero-order chi connectivity index (χ0) is 14.1. The maximum Gasteiger partial charge on any atom is 0.246 e. The number of rotatable bonds is 4. The molecule has 0 fully saturated rings. The molecule has 18 heavy (non-hydrogen) atoms. The Morgan fingerprint density at radius 3 is 2.28 bits per heavy atom. The number of sulfonamides is 1. The second kappa shape index (κ2) is 6.02. The van der Waals surface area contributed by atoms with E-state index in [1.165, 1.54) is 19.2 Å². The van der Waals surface area contributed by atoms with Crippen LogP contribution >= 0.6 is 51.3 Å². The summed E-state index contributed by atoms with van der Waals surface area (Å²) in [6.07, 6.45) is 0. The van der Waals surface area contributed by atoms with Crippen molar-refractivity contribution in [3.63, 3.8) is 0 Å². The van der Waals surface area contributed by atoms with Crippen molar-refractivity contribution in [2.45, 2.75) is 4.90 Å². The van der Waals surface area contributed by atoms with Crippen LogP contribution < -0.4 is 5.73 Å². The van der Waals surface area contributed by atoms with E-state index in [0.717, 1.165) is 4.31 Å². The summed E-state index contributed by atoms with van der Waals surface area (Å²) in [5.41, 5.74) is 5.32. The highest BCUT2D eigenvalue weighted by atomic mass is 79.9. The van der Waals surface area contributed by atoms with Crippen LogP contribution in [0.3, 0.4) is 0 Å². The van der Waals surface area contributed by atoms with Crippen LogP contribution in [-0.2, 0) is 10.0 Å². The first-order valence-electron chi connectivity index (χ1n) is 4.55. The van der Waals surface area contributed by atoms with Gasteiger partial charge in [0.2, 0.25) is 10.0 Å². The van der Waals surface area contributed by atoms with Gasteiger partial charge in [-0.1, -0.05) is 51.3 Å². The van der Waals surface area contributed by atoms with Gasteiger partial charge < -0.3 is 5.73 Å². The molecular weight excluding hydrogens is 383 g/mol. The molecule has 9 heteroatoms. The predicted octanol–water partition coefficient (Wildman–Crippen LogP) is 2.66. The van der Waals surface area contributed by atoms with Crippen molar-refractivity contribution in [2.24, 2.45) is 5.73 Å². The van der Waals surface area contributed by atoms with Crippen molar-refractivity contribution in [3.05, 3.63) is 26.7 Å². The molecule has 0 amide bonds. The van der Waals surface area contributed by atoms with Crippen LogP contribution in [0.1, 0.15) is 0 Å². The van der Waals surface area contributed by atoms with E-state index in [0.29, 0.717) is 4.47 Å². The minimum Gasteiger partial charge on any atom is -0.392 e. The molecule has 0 saturated carbocycles. The van der Waals surface area contributed by atoms with Crippen LogP contribution in [0, 0.1) is 0 Å². The lowest BCUT2D eigenvalue weighted by Gasteiger charge is -2.18. The molecule has 0 saturated heterocycles. The lowest BCUT2D eigenvalue weighted by molar-refractivity contribution is 0.506. The Labute approximate surface area is 129 Å². The quantitative estimate of drug-likeness (QED) is 0.801. The molecule has 0 heterocycles. The highest BCUT2D eigenvalue weighted by Gasteiger charge is 2.27. The Kier molecular flexibility index (Phi) is 5.40. The highest BCUT2D eigenvalue weighted by Crippen LogP contribution is 2.34. The Balaban J connectivity index is 3.33. The van der Waals surface area contributed by atoms with Crippen LogP contribution in [-0.4, -0.2) is 31.3 Å². The second-order valence-electron chi connectivity index (χ2n) is 3.43. The van der Waals surface area contributed by atoms with Crippen LogP contribution in [0.2, 0.25) is 10.0 Å². The number of thiocarbonyl (C=S) groups is 1. The van der Waals surface area contributed by atoms with E-state index >= 15 is 0 Å². The molecule has 0 aliphatic rings. The summed E-state index contributed by atoms with van der Waals surface area (Å²) in [6, 6.07) is 2.91. The number of hydrogen-bond acceptors (Lipinski definition) is 3. The molecule has 0 aliphatic heterocycles. The van der Waals surface area contributed by atoms with Crippen LogP contribution in [0.4, 0.5) is 0 Å². The summed E-state index contributed by atoms with van der Waals surface area (Å²) < 4.78 is 26.1. The number of nitrogens with zero attached hydrogens (tertiary/aromatic N) is 1. The van der Waals surface area contributed by atoms with Crippen molar-refractivity contribution in [3.8, 4) is 0 Å². The molecule has 2 N–H and O–H groups in total. The van der Waals surface area contributed by atoms with E-state index in [4.69, 9.17) is 28.9 Å². The molecule has 1 aromatic carbocycles. The molecule has 0 aliphatic carbocycles. The zero-order valence-electron chi connectivity index (χ0n) is 9.15. The Hall–Kier alpha value is 0.0800. The van der Waals surface area contributed by atoms with E-state index < -0.39 is 10.0 Å². The third kappa shape index (κ3) is 3.55. The molecule has 0 spiro atoms. The zero-order valence-corrected chi connectivity index (χ0v) is 13.9. The third-order valence-electron chi connectivity index (χ3n) is 2.01. The van der Waals surface area contributed by atoms with E-state index in [1.54, 1.807) is 0 Å². The topological polar surface area (TPSA) is 63.4 Å². The fraction of sp³-hybridized carbons (Fsp3) is 0.222. The summed E-state index contributed by atoms with van der Waals surface area (Å²) in [5, 5.41) is 0.0633. The van der Waals surface area contributed by atoms with Gasteiger partial charge in [0.1, 0.15) is 4.90 Å². The van der Waals surface area contributed by atoms with Crippen molar-refractivity contribution in [1.82, 2.24) is 4.31 Å². The van der Waals surface area contributed by atoms with Crippen molar-refractivity contribution < 1.29 is 8.42 Å². The highest BCUT2D eigenvalue weighted by molar-refractivity contribution is 9.10.